The van der Waals surface area contributed by atoms with E-state index in [0.29, 0.717) is 38.9 Å². The highest BCUT2D eigenvalue weighted by Crippen LogP contribution is 2.49. The monoisotopic (exact) mass is 476 g/mol. The summed E-state index contributed by atoms with van der Waals surface area (Å²) in [6.07, 6.45) is -2.84. The van der Waals surface area contributed by atoms with Crippen molar-refractivity contribution in [2.24, 2.45) is 5.41 Å². The third-order valence-corrected chi connectivity index (χ3v) is 7.45. The highest BCUT2D eigenvalue weighted by atomic mass is 19.4. The molecule has 0 aromatic heterocycles. The summed E-state index contributed by atoms with van der Waals surface area (Å²) in [5.74, 6) is -1.59. The number of piperidine rings is 2. The number of hydrogen-bond donors (Lipinski definition) is 1. The molecule has 0 unspecified atom stereocenters. The van der Waals surface area contributed by atoms with E-state index in [1.165, 1.54) is 30.3 Å². The molecular weight excluding hydrogens is 448 g/mol. The molecule has 0 aliphatic carbocycles. The normalized spacial score (nSPS) is 21.3. The van der Waals surface area contributed by atoms with E-state index in [1.54, 1.807) is 24.0 Å². The van der Waals surface area contributed by atoms with Crippen LogP contribution in [0.1, 0.15) is 61.1 Å². The fourth-order valence-corrected chi connectivity index (χ4v) is 5.61. The molecule has 1 spiro atoms. The molecule has 2 amide bonds. The van der Waals surface area contributed by atoms with Crippen LogP contribution >= 0.6 is 0 Å². The molecule has 182 valence electrons. The fraction of sp³-hybridized carbons (Fsp3) is 0.462. The highest BCUT2D eigenvalue weighted by molar-refractivity contribution is 5.84. The molecule has 0 bridgehead atoms. The van der Waals surface area contributed by atoms with Crippen LogP contribution < -0.4 is 5.32 Å². The van der Waals surface area contributed by atoms with Crippen LogP contribution in [0.3, 0.4) is 0 Å². The van der Waals surface area contributed by atoms with E-state index in [1.807, 2.05) is 0 Å². The van der Waals surface area contributed by atoms with Crippen molar-refractivity contribution >= 4 is 11.8 Å². The zero-order chi connectivity index (χ0) is 24.5. The van der Waals surface area contributed by atoms with Crippen molar-refractivity contribution < 1.29 is 27.2 Å². The van der Waals surface area contributed by atoms with Crippen molar-refractivity contribution in [3.63, 3.8) is 0 Å². The highest BCUT2D eigenvalue weighted by Gasteiger charge is 2.47. The third kappa shape index (κ3) is 4.68. The minimum Gasteiger partial charge on any atom is -0.355 e. The molecular formula is C26H28F4N2O2. The van der Waals surface area contributed by atoms with Gasteiger partial charge < -0.3 is 10.2 Å². The van der Waals surface area contributed by atoms with Crippen LogP contribution in [0.2, 0.25) is 0 Å². The second-order valence-electron chi connectivity index (χ2n) is 9.32. The molecule has 1 N–H and O–H groups in total. The first-order valence-corrected chi connectivity index (χ1v) is 11.6. The molecule has 2 saturated heterocycles. The number of nitrogens with zero attached hydrogens (tertiary/aromatic N) is 1. The lowest BCUT2D eigenvalue weighted by Crippen LogP contribution is -2.53. The lowest BCUT2D eigenvalue weighted by molar-refractivity contribution is -0.140. The van der Waals surface area contributed by atoms with E-state index in [9.17, 15) is 27.2 Å². The number of alkyl halides is 3. The maximum atomic E-state index is 13.6. The Bertz CT molecular complexity index is 1040. The first-order valence-electron chi connectivity index (χ1n) is 11.6. The summed E-state index contributed by atoms with van der Waals surface area (Å²) in [5, 5.41) is 2.90. The van der Waals surface area contributed by atoms with E-state index in [4.69, 9.17) is 0 Å². The summed E-state index contributed by atoms with van der Waals surface area (Å²) < 4.78 is 54.2. The van der Waals surface area contributed by atoms with Gasteiger partial charge in [0.15, 0.2) is 0 Å². The standard InChI is InChI=1S/C26H28F4N2O2/c1-2-19(20-5-3-4-6-21(20)26(28,29)30)24(34)32-13-11-25(12-14-32)15-23(33)31-16-22(25)17-7-9-18(27)10-8-17/h3-10,19,22H,2,11-16H2,1H3,(H,31,33)/t19-,22-/m0/s1. The fourth-order valence-electron chi connectivity index (χ4n) is 5.61. The van der Waals surface area contributed by atoms with Gasteiger partial charge in [0.2, 0.25) is 11.8 Å². The first-order chi connectivity index (χ1) is 16.1. The van der Waals surface area contributed by atoms with E-state index in [-0.39, 0.29) is 40.9 Å². The van der Waals surface area contributed by atoms with Gasteiger partial charge in [-0.15, -0.1) is 0 Å². The van der Waals surface area contributed by atoms with Gasteiger partial charge in [0, 0.05) is 32.0 Å². The Hall–Kier alpha value is -2.90. The molecule has 4 nitrogen and oxygen atoms in total. The number of amides is 2. The molecule has 2 aromatic rings. The average molecular weight is 477 g/mol. The van der Waals surface area contributed by atoms with Crippen LogP contribution in [0.25, 0.3) is 0 Å². The molecule has 2 aliphatic rings. The first kappa shape index (κ1) is 24.2. The maximum absolute atomic E-state index is 13.6. The van der Waals surface area contributed by atoms with Crippen LogP contribution in [0.15, 0.2) is 48.5 Å². The van der Waals surface area contributed by atoms with Crippen LogP contribution in [-0.4, -0.2) is 36.3 Å². The van der Waals surface area contributed by atoms with Gasteiger partial charge in [0.1, 0.15) is 5.82 Å². The quantitative estimate of drug-likeness (QED) is 0.613. The number of likely N-dealkylation sites (tertiary alicyclic amines) is 1. The number of hydrogen-bond acceptors (Lipinski definition) is 2. The van der Waals surface area contributed by atoms with Gasteiger partial charge in [-0.05, 0) is 54.0 Å². The van der Waals surface area contributed by atoms with E-state index < -0.39 is 17.7 Å². The number of halogens is 4. The van der Waals surface area contributed by atoms with Crippen LogP contribution in [-0.2, 0) is 15.8 Å². The van der Waals surface area contributed by atoms with Crippen molar-refractivity contribution in [3.05, 3.63) is 71.0 Å². The van der Waals surface area contributed by atoms with Crippen molar-refractivity contribution in [1.29, 1.82) is 0 Å². The van der Waals surface area contributed by atoms with Gasteiger partial charge >= 0.3 is 6.18 Å². The molecule has 2 fully saturated rings. The molecule has 34 heavy (non-hydrogen) atoms. The zero-order valence-corrected chi connectivity index (χ0v) is 19.0. The summed E-state index contributed by atoms with van der Waals surface area (Å²) in [6.45, 7) is 2.90. The van der Waals surface area contributed by atoms with Crippen LogP contribution in [0.4, 0.5) is 17.6 Å². The topological polar surface area (TPSA) is 49.4 Å². The summed E-state index contributed by atoms with van der Waals surface area (Å²) in [4.78, 5) is 27.3. The van der Waals surface area contributed by atoms with E-state index >= 15 is 0 Å². The van der Waals surface area contributed by atoms with Gasteiger partial charge in [-0.2, -0.15) is 13.2 Å². The predicted octanol–water partition coefficient (Wildman–Crippen LogP) is 5.25. The Morgan fingerprint density at radius 2 is 1.76 bits per heavy atom. The molecule has 8 heteroatoms. The molecule has 2 atom stereocenters. The largest absolute Gasteiger partial charge is 0.416 e. The summed E-state index contributed by atoms with van der Waals surface area (Å²) in [5.41, 5.74) is -0.206. The molecule has 2 aromatic carbocycles. The number of carbonyl (C=O) groups excluding carboxylic acids is 2. The van der Waals surface area contributed by atoms with Crippen molar-refractivity contribution in [2.45, 2.75) is 50.6 Å². The molecule has 2 aliphatic heterocycles. The smallest absolute Gasteiger partial charge is 0.355 e. The Labute approximate surface area is 196 Å². The van der Waals surface area contributed by atoms with Gasteiger partial charge in [0.25, 0.3) is 0 Å². The summed E-state index contributed by atoms with van der Waals surface area (Å²) in [6, 6.07) is 11.5. The lowest BCUT2D eigenvalue weighted by Gasteiger charge is -2.49. The number of carbonyl (C=O) groups is 2. The summed E-state index contributed by atoms with van der Waals surface area (Å²) in [7, 11) is 0. The van der Waals surface area contributed by atoms with Gasteiger partial charge in [0.05, 0.1) is 11.5 Å². The predicted molar refractivity (Wildman–Crippen MR) is 119 cm³/mol. The van der Waals surface area contributed by atoms with Crippen LogP contribution in [0.5, 0.6) is 0 Å². The average Bonchev–Trinajstić information content (AvgIpc) is 2.80. The Kier molecular flexibility index (Phi) is 6.69. The SMILES string of the molecule is CC[C@H](C(=O)N1CCC2(CC1)CC(=O)NC[C@H]2c1ccc(F)cc1)c1ccccc1C(F)(F)F. The van der Waals surface area contributed by atoms with Crippen LogP contribution in [0, 0.1) is 11.2 Å². The van der Waals surface area contributed by atoms with Gasteiger partial charge in [-0.3, -0.25) is 9.59 Å². The maximum Gasteiger partial charge on any atom is 0.416 e. The minimum absolute atomic E-state index is 0.00372. The number of nitrogens with one attached hydrogen (secondary N) is 1. The molecule has 0 radical (unpaired) electrons. The van der Waals surface area contributed by atoms with Gasteiger partial charge in [-0.1, -0.05) is 37.3 Å². The molecule has 0 saturated carbocycles. The van der Waals surface area contributed by atoms with Crippen molar-refractivity contribution in [2.75, 3.05) is 19.6 Å². The Morgan fingerprint density at radius 3 is 2.38 bits per heavy atom. The molecule has 2 heterocycles. The van der Waals surface area contributed by atoms with E-state index in [2.05, 4.69) is 5.32 Å². The Morgan fingerprint density at radius 1 is 1.12 bits per heavy atom. The number of benzene rings is 2. The Balaban J connectivity index is 1.54. The lowest BCUT2D eigenvalue weighted by atomic mass is 9.62. The second kappa shape index (κ2) is 9.39. The second-order valence-corrected chi connectivity index (χ2v) is 9.32. The minimum atomic E-state index is -4.53. The zero-order valence-electron chi connectivity index (χ0n) is 19.0. The third-order valence-electron chi connectivity index (χ3n) is 7.45. The summed E-state index contributed by atoms with van der Waals surface area (Å²) >= 11 is 0. The van der Waals surface area contributed by atoms with Crippen molar-refractivity contribution in [3.8, 4) is 0 Å². The molecule has 4 rings (SSSR count). The van der Waals surface area contributed by atoms with Crippen molar-refractivity contribution in [1.82, 2.24) is 10.2 Å². The van der Waals surface area contributed by atoms with Gasteiger partial charge in [-0.25, -0.2) is 4.39 Å². The number of rotatable bonds is 4. The van der Waals surface area contributed by atoms with E-state index in [0.717, 1.165) is 11.6 Å².